The molecular formula is C13H20ClN5. The van der Waals surface area contributed by atoms with E-state index in [1.807, 2.05) is 38.0 Å². The Bertz CT molecular complexity index is 572. The molecule has 6 heteroatoms. The van der Waals surface area contributed by atoms with Crippen LogP contribution in [0.1, 0.15) is 36.3 Å². The van der Waals surface area contributed by atoms with E-state index in [4.69, 9.17) is 17.3 Å². The predicted molar refractivity (Wildman–Crippen MR) is 76.3 cm³/mol. The molecule has 104 valence electrons. The van der Waals surface area contributed by atoms with Gasteiger partial charge in [-0.25, -0.2) is 0 Å². The minimum absolute atomic E-state index is 0.0294. The molecule has 0 saturated carbocycles. The third kappa shape index (κ3) is 2.53. The first-order valence-electron chi connectivity index (χ1n) is 6.41. The summed E-state index contributed by atoms with van der Waals surface area (Å²) >= 11 is 6.24. The van der Waals surface area contributed by atoms with Crippen LogP contribution < -0.4 is 5.73 Å². The van der Waals surface area contributed by atoms with Gasteiger partial charge in [0.2, 0.25) is 0 Å². The molecule has 0 fully saturated rings. The summed E-state index contributed by atoms with van der Waals surface area (Å²) in [6, 6.07) is -0.0665. The quantitative estimate of drug-likeness (QED) is 0.935. The van der Waals surface area contributed by atoms with Crippen LogP contribution in [0.2, 0.25) is 5.02 Å². The second-order valence-corrected chi connectivity index (χ2v) is 5.27. The fourth-order valence-electron chi connectivity index (χ4n) is 2.30. The number of rotatable bonds is 4. The van der Waals surface area contributed by atoms with Gasteiger partial charge in [0, 0.05) is 24.8 Å². The van der Waals surface area contributed by atoms with Crippen molar-refractivity contribution in [2.45, 2.75) is 39.3 Å². The summed E-state index contributed by atoms with van der Waals surface area (Å²) < 4.78 is 3.70. The van der Waals surface area contributed by atoms with E-state index in [0.29, 0.717) is 5.02 Å². The van der Waals surface area contributed by atoms with Crippen molar-refractivity contribution in [2.75, 3.05) is 0 Å². The number of hydrogen-bond donors (Lipinski definition) is 1. The van der Waals surface area contributed by atoms with Crippen molar-refractivity contribution >= 4 is 11.6 Å². The van der Waals surface area contributed by atoms with Crippen LogP contribution in [-0.2, 0) is 7.05 Å². The van der Waals surface area contributed by atoms with E-state index in [1.54, 1.807) is 4.68 Å². The van der Waals surface area contributed by atoms with Gasteiger partial charge in [-0.3, -0.25) is 9.36 Å². The van der Waals surface area contributed by atoms with Gasteiger partial charge in [0.05, 0.1) is 28.6 Å². The molecule has 2 rings (SSSR count). The maximum Gasteiger partial charge on any atom is 0.0953 e. The fraction of sp³-hybridized carbons (Fsp3) is 0.538. The van der Waals surface area contributed by atoms with Crippen molar-refractivity contribution in [1.29, 1.82) is 0 Å². The largest absolute Gasteiger partial charge is 0.326 e. The van der Waals surface area contributed by atoms with E-state index in [1.165, 1.54) is 0 Å². The molecule has 0 aliphatic rings. The molecule has 0 bridgehead atoms. The lowest BCUT2D eigenvalue weighted by Gasteiger charge is -2.23. The van der Waals surface area contributed by atoms with Gasteiger partial charge in [0.1, 0.15) is 0 Å². The smallest absolute Gasteiger partial charge is 0.0953 e. The average Bonchev–Trinajstić information content (AvgIpc) is 2.90. The van der Waals surface area contributed by atoms with Crippen LogP contribution in [0.15, 0.2) is 12.4 Å². The molecule has 2 atom stereocenters. The number of nitrogens with two attached hydrogens (primary N) is 1. The zero-order valence-corrected chi connectivity index (χ0v) is 12.5. The normalized spacial score (nSPS) is 14.6. The minimum Gasteiger partial charge on any atom is -0.326 e. The molecule has 0 aromatic carbocycles. The molecule has 2 heterocycles. The topological polar surface area (TPSA) is 61.7 Å². The van der Waals surface area contributed by atoms with Crippen LogP contribution in [0.4, 0.5) is 0 Å². The Morgan fingerprint density at radius 1 is 1.42 bits per heavy atom. The van der Waals surface area contributed by atoms with Gasteiger partial charge in [-0.2, -0.15) is 10.2 Å². The lowest BCUT2D eigenvalue weighted by Crippen LogP contribution is -2.33. The second-order valence-electron chi connectivity index (χ2n) is 4.89. The highest BCUT2D eigenvalue weighted by molar-refractivity contribution is 6.31. The summed E-state index contributed by atoms with van der Waals surface area (Å²) in [6.07, 6.45) is 4.67. The third-order valence-corrected chi connectivity index (χ3v) is 3.99. The highest BCUT2D eigenvalue weighted by Gasteiger charge is 2.25. The Balaban J connectivity index is 2.52. The van der Waals surface area contributed by atoms with Crippen molar-refractivity contribution in [3.05, 3.63) is 34.4 Å². The van der Waals surface area contributed by atoms with Crippen LogP contribution in [0.3, 0.4) is 0 Å². The summed E-state index contributed by atoms with van der Waals surface area (Å²) in [5, 5.41) is 9.46. The predicted octanol–water partition coefficient (Wildman–Crippen LogP) is 2.21. The van der Waals surface area contributed by atoms with Gasteiger partial charge in [-0.1, -0.05) is 18.5 Å². The van der Waals surface area contributed by atoms with Gasteiger partial charge in [0.15, 0.2) is 0 Å². The van der Waals surface area contributed by atoms with E-state index in [-0.39, 0.29) is 12.1 Å². The van der Waals surface area contributed by atoms with Crippen LogP contribution >= 0.6 is 11.6 Å². The number of aromatic nitrogens is 4. The van der Waals surface area contributed by atoms with Crippen LogP contribution in [0, 0.1) is 13.8 Å². The molecule has 0 saturated heterocycles. The molecule has 2 N–H and O–H groups in total. The lowest BCUT2D eigenvalue weighted by atomic mass is 10.0. The zero-order chi connectivity index (χ0) is 14.2. The molecule has 2 unspecified atom stereocenters. The van der Waals surface area contributed by atoms with E-state index in [0.717, 1.165) is 23.4 Å². The molecule has 0 radical (unpaired) electrons. The number of aryl methyl sites for hydroxylation is 2. The van der Waals surface area contributed by atoms with E-state index < -0.39 is 0 Å². The highest BCUT2D eigenvalue weighted by atomic mass is 35.5. The Hall–Kier alpha value is -1.33. The van der Waals surface area contributed by atoms with E-state index >= 15 is 0 Å². The average molecular weight is 282 g/mol. The Morgan fingerprint density at radius 2 is 2.11 bits per heavy atom. The summed E-state index contributed by atoms with van der Waals surface area (Å²) in [5.74, 6) is 0. The molecule has 5 nitrogen and oxygen atoms in total. The van der Waals surface area contributed by atoms with Crippen LogP contribution in [0.25, 0.3) is 0 Å². The first-order chi connectivity index (χ1) is 8.95. The summed E-state index contributed by atoms with van der Waals surface area (Å²) in [4.78, 5) is 0. The van der Waals surface area contributed by atoms with Gasteiger partial charge in [0.25, 0.3) is 0 Å². The molecule has 0 aliphatic carbocycles. The van der Waals surface area contributed by atoms with Crippen molar-refractivity contribution in [3.8, 4) is 0 Å². The standard InChI is InChI=1S/C13H20ClN5/c1-5-11(15)13(10-6-16-18(4)7-10)19-9(3)12(14)8(2)17-19/h6-7,11,13H,5,15H2,1-4H3. The molecule has 2 aromatic rings. The Morgan fingerprint density at radius 3 is 2.53 bits per heavy atom. The monoisotopic (exact) mass is 281 g/mol. The minimum atomic E-state index is -0.0371. The van der Waals surface area contributed by atoms with Gasteiger partial charge >= 0.3 is 0 Å². The Kier molecular flexibility index (Phi) is 3.96. The van der Waals surface area contributed by atoms with Gasteiger partial charge in [-0.15, -0.1) is 0 Å². The highest BCUT2D eigenvalue weighted by Crippen LogP contribution is 2.28. The molecule has 0 spiro atoms. The molecule has 0 amide bonds. The van der Waals surface area contributed by atoms with Crippen molar-refractivity contribution < 1.29 is 0 Å². The molecule has 19 heavy (non-hydrogen) atoms. The summed E-state index contributed by atoms with van der Waals surface area (Å²) in [5.41, 5.74) is 9.10. The van der Waals surface area contributed by atoms with Gasteiger partial charge in [-0.05, 0) is 20.3 Å². The number of hydrogen-bond acceptors (Lipinski definition) is 3. The molecule has 0 aliphatic heterocycles. The first kappa shape index (κ1) is 14.1. The summed E-state index contributed by atoms with van der Waals surface area (Å²) in [7, 11) is 1.90. The fourth-order valence-corrected chi connectivity index (χ4v) is 2.42. The molecule has 2 aromatic heterocycles. The maximum atomic E-state index is 6.28. The zero-order valence-electron chi connectivity index (χ0n) is 11.8. The van der Waals surface area contributed by atoms with Crippen LogP contribution in [0.5, 0.6) is 0 Å². The second kappa shape index (κ2) is 5.35. The van der Waals surface area contributed by atoms with E-state index in [9.17, 15) is 0 Å². The third-order valence-electron chi connectivity index (χ3n) is 3.44. The Labute approximate surface area is 118 Å². The number of halogens is 1. The van der Waals surface area contributed by atoms with Crippen molar-refractivity contribution in [1.82, 2.24) is 19.6 Å². The van der Waals surface area contributed by atoms with Gasteiger partial charge < -0.3 is 5.73 Å². The van der Waals surface area contributed by atoms with Crippen LogP contribution in [-0.4, -0.2) is 25.6 Å². The molecular weight excluding hydrogens is 262 g/mol. The lowest BCUT2D eigenvalue weighted by molar-refractivity contribution is 0.415. The maximum absolute atomic E-state index is 6.28. The van der Waals surface area contributed by atoms with Crippen molar-refractivity contribution in [2.24, 2.45) is 12.8 Å². The van der Waals surface area contributed by atoms with Crippen molar-refractivity contribution in [3.63, 3.8) is 0 Å². The number of nitrogens with zero attached hydrogens (tertiary/aromatic N) is 4. The summed E-state index contributed by atoms with van der Waals surface area (Å²) in [6.45, 7) is 5.94. The first-order valence-corrected chi connectivity index (χ1v) is 6.78. The SMILES string of the molecule is CCC(N)C(c1cnn(C)c1)n1nc(C)c(Cl)c1C. The van der Waals surface area contributed by atoms with E-state index in [2.05, 4.69) is 17.1 Å².